The van der Waals surface area contributed by atoms with Gasteiger partial charge in [-0.15, -0.1) is 0 Å². The van der Waals surface area contributed by atoms with Crippen molar-refractivity contribution < 1.29 is 9.84 Å². The van der Waals surface area contributed by atoms with Crippen molar-refractivity contribution in [2.75, 3.05) is 13.2 Å². The van der Waals surface area contributed by atoms with Gasteiger partial charge in [0.05, 0.1) is 6.61 Å². The molecule has 0 heterocycles. The average molecular weight is 220 g/mol. The van der Waals surface area contributed by atoms with Crippen molar-refractivity contribution in [3.8, 4) is 0 Å². The van der Waals surface area contributed by atoms with Gasteiger partial charge in [0.1, 0.15) is 6.10 Å². The molecule has 1 unspecified atom stereocenters. The molecule has 1 fully saturated rings. The molecule has 1 saturated carbocycles. The van der Waals surface area contributed by atoms with Crippen LogP contribution in [-0.4, -0.2) is 18.3 Å². The van der Waals surface area contributed by atoms with Gasteiger partial charge in [-0.2, -0.15) is 0 Å². The van der Waals surface area contributed by atoms with E-state index in [4.69, 9.17) is 4.74 Å². The summed E-state index contributed by atoms with van der Waals surface area (Å²) >= 11 is 0. The summed E-state index contributed by atoms with van der Waals surface area (Å²) < 4.78 is 5.24. The van der Waals surface area contributed by atoms with E-state index in [1.165, 1.54) is 24.8 Å². The van der Waals surface area contributed by atoms with Gasteiger partial charge in [-0.3, -0.25) is 0 Å². The van der Waals surface area contributed by atoms with Crippen molar-refractivity contribution in [3.63, 3.8) is 0 Å². The molecule has 0 bridgehead atoms. The third kappa shape index (κ3) is 2.63. The largest absolute Gasteiger partial charge is 0.386 e. The fraction of sp³-hybridized carbons (Fsp3) is 0.571. The number of benzene rings is 1. The van der Waals surface area contributed by atoms with Crippen LogP contribution in [0.5, 0.6) is 0 Å². The lowest BCUT2D eigenvalue weighted by Crippen LogP contribution is -2.11. The first-order chi connectivity index (χ1) is 7.81. The van der Waals surface area contributed by atoms with Crippen LogP contribution in [-0.2, 0) is 4.74 Å². The fourth-order valence-corrected chi connectivity index (χ4v) is 2.09. The van der Waals surface area contributed by atoms with Crippen LogP contribution in [0.1, 0.15) is 49.3 Å². The third-order valence-electron chi connectivity index (χ3n) is 3.35. The second-order valence-electron chi connectivity index (χ2n) is 4.47. The smallest absolute Gasteiger partial charge is 0.102 e. The van der Waals surface area contributed by atoms with Crippen LogP contribution in [0.3, 0.4) is 0 Å². The number of aliphatic hydroxyl groups is 1. The zero-order valence-electron chi connectivity index (χ0n) is 9.86. The Morgan fingerprint density at radius 2 is 2.25 bits per heavy atom. The maximum atomic E-state index is 9.92. The van der Waals surface area contributed by atoms with E-state index in [1.807, 2.05) is 19.1 Å². The molecule has 0 saturated heterocycles. The quantitative estimate of drug-likeness (QED) is 0.826. The number of aliphatic hydroxyl groups excluding tert-OH is 1. The van der Waals surface area contributed by atoms with Gasteiger partial charge in [-0.05, 0) is 36.8 Å². The minimum atomic E-state index is -0.486. The molecule has 1 aliphatic carbocycles. The standard InChI is InChI=1S/C14H20O2/c1-2-16-10-14(15)13-8-4-7-12(9-13)11-5-3-6-11/h4,7-9,11,14-15H,2-3,5-6,10H2,1H3. The zero-order chi connectivity index (χ0) is 11.4. The first-order valence-corrected chi connectivity index (χ1v) is 6.17. The molecule has 1 aromatic carbocycles. The van der Waals surface area contributed by atoms with E-state index < -0.39 is 6.10 Å². The highest BCUT2D eigenvalue weighted by Gasteiger charge is 2.20. The normalized spacial score (nSPS) is 18.1. The highest BCUT2D eigenvalue weighted by Crippen LogP contribution is 2.36. The molecule has 0 radical (unpaired) electrons. The van der Waals surface area contributed by atoms with E-state index in [9.17, 15) is 5.11 Å². The maximum Gasteiger partial charge on any atom is 0.102 e. The van der Waals surface area contributed by atoms with Gasteiger partial charge in [-0.25, -0.2) is 0 Å². The number of hydrogen-bond donors (Lipinski definition) is 1. The molecule has 1 aromatic rings. The molecule has 2 rings (SSSR count). The second-order valence-corrected chi connectivity index (χ2v) is 4.47. The molecule has 2 heteroatoms. The van der Waals surface area contributed by atoms with E-state index in [0.717, 1.165) is 11.5 Å². The highest BCUT2D eigenvalue weighted by atomic mass is 16.5. The number of hydrogen-bond acceptors (Lipinski definition) is 2. The van der Waals surface area contributed by atoms with Gasteiger partial charge < -0.3 is 9.84 Å². The lowest BCUT2D eigenvalue weighted by molar-refractivity contribution is 0.0419. The Morgan fingerprint density at radius 3 is 2.88 bits per heavy atom. The minimum absolute atomic E-state index is 0.393. The van der Waals surface area contributed by atoms with Gasteiger partial charge >= 0.3 is 0 Å². The van der Waals surface area contributed by atoms with Crippen LogP contribution < -0.4 is 0 Å². The van der Waals surface area contributed by atoms with Crippen LogP contribution in [0.2, 0.25) is 0 Å². The van der Waals surface area contributed by atoms with Crippen LogP contribution >= 0.6 is 0 Å². The Bertz CT molecular complexity index is 331. The molecule has 1 aliphatic rings. The van der Waals surface area contributed by atoms with Crippen molar-refractivity contribution in [2.24, 2.45) is 0 Å². The Kier molecular flexibility index (Phi) is 3.97. The summed E-state index contributed by atoms with van der Waals surface area (Å²) in [5.41, 5.74) is 2.36. The molecule has 1 atom stereocenters. The topological polar surface area (TPSA) is 29.5 Å². The zero-order valence-corrected chi connectivity index (χ0v) is 9.86. The predicted molar refractivity (Wildman–Crippen MR) is 64.5 cm³/mol. The third-order valence-corrected chi connectivity index (χ3v) is 3.35. The van der Waals surface area contributed by atoms with Crippen molar-refractivity contribution >= 4 is 0 Å². The van der Waals surface area contributed by atoms with Crippen LogP contribution in [0.15, 0.2) is 24.3 Å². The van der Waals surface area contributed by atoms with Crippen LogP contribution in [0.4, 0.5) is 0 Å². The van der Waals surface area contributed by atoms with E-state index in [1.54, 1.807) is 0 Å². The number of ether oxygens (including phenoxy) is 1. The maximum absolute atomic E-state index is 9.92. The molecule has 2 nitrogen and oxygen atoms in total. The van der Waals surface area contributed by atoms with Crippen molar-refractivity contribution in [3.05, 3.63) is 35.4 Å². The molecule has 88 valence electrons. The first kappa shape index (κ1) is 11.6. The predicted octanol–water partition coefficient (Wildman–Crippen LogP) is 3.02. The lowest BCUT2D eigenvalue weighted by atomic mass is 9.79. The summed E-state index contributed by atoms with van der Waals surface area (Å²) in [4.78, 5) is 0. The molecule has 0 aliphatic heterocycles. The lowest BCUT2D eigenvalue weighted by Gasteiger charge is -2.26. The summed E-state index contributed by atoms with van der Waals surface area (Å²) in [7, 11) is 0. The van der Waals surface area contributed by atoms with E-state index in [-0.39, 0.29) is 0 Å². The minimum Gasteiger partial charge on any atom is -0.386 e. The van der Waals surface area contributed by atoms with Crippen LogP contribution in [0.25, 0.3) is 0 Å². The first-order valence-electron chi connectivity index (χ1n) is 6.17. The number of rotatable bonds is 5. The monoisotopic (exact) mass is 220 g/mol. The fourth-order valence-electron chi connectivity index (χ4n) is 2.09. The molecule has 16 heavy (non-hydrogen) atoms. The molecular formula is C14H20O2. The molecule has 0 aromatic heterocycles. The summed E-state index contributed by atoms with van der Waals surface area (Å²) in [5, 5.41) is 9.92. The SMILES string of the molecule is CCOCC(O)c1cccc(C2CCC2)c1. The van der Waals surface area contributed by atoms with Crippen molar-refractivity contribution in [2.45, 2.75) is 38.2 Å². The van der Waals surface area contributed by atoms with Crippen LogP contribution in [0, 0.1) is 0 Å². The average Bonchev–Trinajstić information content (AvgIpc) is 2.24. The van der Waals surface area contributed by atoms with E-state index in [2.05, 4.69) is 12.1 Å². The summed E-state index contributed by atoms with van der Waals surface area (Å²) in [6.45, 7) is 2.99. The second kappa shape index (κ2) is 5.46. The Hall–Kier alpha value is -0.860. The van der Waals surface area contributed by atoms with Gasteiger partial charge in [0.2, 0.25) is 0 Å². The van der Waals surface area contributed by atoms with Gasteiger partial charge in [0, 0.05) is 6.61 Å². The van der Waals surface area contributed by atoms with E-state index >= 15 is 0 Å². The molecule has 0 spiro atoms. The highest BCUT2D eigenvalue weighted by molar-refractivity contribution is 5.29. The summed E-state index contributed by atoms with van der Waals surface area (Å²) in [5.74, 6) is 0.722. The van der Waals surface area contributed by atoms with Gasteiger partial charge in [0.15, 0.2) is 0 Å². The Balaban J connectivity index is 2.02. The summed E-state index contributed by atoms with van der Waals surface area (Å²) in [6.07, 6.45) is 3.45. The van der Waals surface area contributed by atoms with E-state index in [0.29, 0.717) is 13.2 Å². The Labute approximate surface area is 97.3 Å². The summed E-state index contributed by atoms with van der Waals surface area (Å²) in [6, 6.07) is 8.32. The van der Waals surface area contributed by atoms with Crippen molar-refractivity contribution in [1.29, 1.82) is 0 Å². The Morgan fingerprint density at radius 1 is 1.44 bits per heavy atom. The molecule has 0 amide bonds. The van der Waals surface area contributed by atoms with Gasteiger partial charge in [-0.1, -0.05) is 30.7 Å². The molecular weight excluding hydrogens is 200 g/mol. The van der Waals surface area contributed by atoms with Crippen molar-refractivity contribution in [1.82, 2.24) is 0 Å². The van der Waals surface area contributed by atoms with Gasteiger partial charge in [0.25, 0.3) is 0 Å². The molecule has 1 N–H and O–H groups in total.